The van der Waals surface area contributed by atoms with Crippen molar-refractivity contribution in [3.8, 4) is 17.2 Å². The molecule has 2 aromatic carbocycles. The maximum atomic E-state index is 13.2. The van der Waals surface area contributed by atoms with E-state index in [2.05, 4.69) is 16.4 Å². The summed E-state index contributed by atoms with van der Waals surface area (Å²) < 4.78 is 0. The molecule has 0 saturated heterocycles. The maximum absolute atomic E-state index is 13.2. The third kappa shape index (κ3) is 6.12. The standard InChI is InChI=1S/C27H25N3O3S/c1-18-6-3-4-8-21(18)23-16-19(9-11-20-7-5-14-29-25(20)17-28)10-12-22(23)26(31)30-24(27(32)33)13-15-34-2/h3-12,14,16,24H,13,15H2,1-2H3,(H,30,31)(H,32,33). The molecule has 172 valence electrons. The number of benzene rings is 2. The molecule has 0 spiro atoms. The van der Waals surface area contributed by atoms with Gasteiger partial charge in [0.25, 0.3) is 5.91 Å². The SMILES string of the molecule is CSCCC(NC(=O)c1ccc(C=Cc2cccnc2C#N)cc1-c1ccccc1C)C(=O)O. The van der Waals surface area contributed by atoms with Crippen LogP contribution in [0.25, 0.3) is 23.3 Å². The molecule has 7 heteroatoms. The predicted molar refractivity (Wildman–Crippen MR) is 136 cm³/mol. The summed E-state index contributed by atoms with van der Waals surface area (Å²) in [5, 5.41) is 21.5. The number of carboxylic acids is 1. The number of aryl methyl sites for hydroxylation is 1. The van der Waals surface area contributed by atoms with Crippen LogP contribution < -0.4 is 5.32 Å². The Kier molecular flexibility index (Phi) is 8.60. The molecule has 0 saturated carbocycles. The van der Waals surface area contributed by atoms with Crippen molar-refractivity contribution in [2.24, 2.45) is 0 Å². The zero-order chi connectivity index (χ0) is 24.5. The molecule has 6 nitrogen and oxygen atoms in total. The molecule has 3 rings (SSSR count). The van der Waals surface area contributed by atoms with Gasteiger partial charge in [-0.2, -0.15) is 17.0 Å². The highest BCUT2D eigenvalue weighted by atomic mass is 32.2. The number of amides is 1. The first-order valence-corrected chi connectivity index (χ1v) is 12.1. The quantitative estimate of drug-likeness (QED) is 0.453. The van der Waals surface area contributed by atoms with E-state index >= 15 is 0 Å². The normalized spacial score (nSPS) is 11.7. The second-order valence-corrected chi connectivity index (χ2v) is 8.64. The van der Waals surface area contributed by atoms with E-state index in [0.717, 1.165) is 16.7 Å². The van der Waals surface area contributed by atoms with Gasteiger partial charge >= 0.3 is 5.97 Å². The van der Waals surface area contributed by atoms with Gasteiger partial charge in [0.1, 0.15) is 17.8 Å². The molecule has 0 aliphatic rings. The lowest BCUT2D eigenvalue weighted by molar-refractivity contribution is -0.139. The van der Waals surface area contributed by atoms with Gasteiger partial charge in [-0.05, 0) is 65.8 Å². The van der Waals surface area contributed by atoms with Crippen LogP contribution >= 0.6 is 11.8 Å². The molecule has 3 aromatic rings. The Hall–Kier alpha value is -3.89. The summed E-state index contributed by atoms with van der Waals surface area (Å²) in [7, 11) is 0. The molecule has 1 amide bonds. The topological polar surface area (TPSA) is 103 Å². The molecule has 0 bridgehead atoms. The number of hydrogen-bond acceptors (Lipinski definition) is 5. The number of pyridine rings is 1. The van der Waals surface area contributed by atoms with Gasteiger partial charge in [-0.25, -0.2) is 9.78 Å². The minimum Gasteiger partial charge on any atom is -0.480 e. The molecule has 1 heterocycles. The average molecular weight is 472 g/mol. The van der Waals surface area contributed by atoms with E-state index in [1.54, 1.807) is 24.4 Å². The molecule has 0 fully saturated rings. The lowest BCUT2D eigenvalue weighted by Gasteiger charge is -2.17. The number of carbonyl (C=O) groups is 2. The number of thioether (sulfide) groups is 1. The molecule has 1 unspecified atom stereocenters. The van der Waals surface area contributed by atoms with Crippen LogP contribution in [0.3, 0.4) is 0 Å². The smallest absolute Gasteiger partial charge is 0.326 e. The van der Waals surface area contributed by atoms with Crippen molar-refractivity contribution in [1.29, 1.82) is 5.26 Å². The molecule has 2 N–H and O–H groups in total. The Labute approximate surface area is 203 Å². The third-order valence-corrected chi connectivity index (χ3v) is 5.98. The van der Waals surface area contributed by atoms with Crippen molar-refractivity contribution in [2.45, 2.75) is 19.4 Å². The fourth-order valence-corrected chi connectivity index (χ4v) is 3.99. The summed E-state index contributed by atoms with van der Waals surface area (Å²) >= 11 is 1.53. The summed E-state index contributed by atoms with van der Waals surface area (Å²) in [6, 6.07) is 17.8. The Balaban J connectivity index is 2.01. The molecule has 34 heavy (non-hydrogen) atoms. The second-order valence-electron chi connectivity index (χ2n) is 7.65. The zero-order valence-corrected chi connectivity index (χ0v) is 19.8. The fourth-order valence-electron chi connectivity index (χ4n) is 3.52. The Morgan fingerprint density at radius 2 is 1.94 bits per heavy atom. The largest absolute Gasteiger partial charge is 0.480 e. The monoisotopic (exact) mass is 471 g/mol. The summed E-state index contributed by atoms with van der Waals surface area (Å²) in [4.78, 5) is 28.9. The van der Waals surface area contributed by atoms with E-state index in [0.29, 0.717) is 34.6 Å². The molecular formula is C27H25N3O3S. The lowest BCUT2D eigenvalue weighted by Crippen LogP contribution is -2.41. The highest BCUT2D eigenvalue weighted by molar-refractivity contribution is 7.98. The molecule has 0 radical (unpaired) electrons. The third-order valence-electron chi connectivity index (χ3n) is 5.34. The number of hydrogen-bond donors (Lipinski definition) is 2. The fraction of sp³-hybridized carbons (Fsp3) is 0.185. The summed E-state index contributed by atoms with van der Waals surface area (Å²) in [5.74, 6) is -0.851. The van der Waals surface area contributed by atoms with Gasteiger partial charge in [-0.15, -0.1) is 0 Å². The van der Waals surface area contributed by atoms with Crippen molar-refractivity contribution < 1.29 is 14.7 Å². The average Bonchev–Trinajstić information content (AvgIpc) is 2.85. The number of rotatable bonds is 9. The molecule has 1 aromatic heterocycles. The number of nitrogens with zero attached hydrogens (tertiary/aromatic N) is 2. The minimum absolute atomic E-state index is 0.332. The van der Waals surface area contributed by atoms with Crippen molar-refractivity contribution >= 4 is 35.8 Å². The van der Waals surface area contributed by atoms with Crippen LogP contribution in [0, 0.1) is 18.3 Å². The summed E-state index contributed by atoms with van der Waals surface area (Å²) in [6.45, 7) is 1.97. The zero-order valence-electron chi connectivity index (χ0n) is 19.0. The van der Waals surface area contributed by atoms with Gasteiger partial charge in [-0.1, -0.05) is 48.6 Å². The molecule has 0 aliphatic carbocycles. The first-order valence-electron chi connectivity index (χ1n) is 10.7. The number of carbonyl (C=O) groups excluding carboxylic acids is 1. The van der Waals surface area contributed by atoms with Crippen LogP contribution in [0.4, 0.5) is 0 Å². The van der Waals surface area contributed by atoms with Gasteiger partial charge in [0, 0.05) is 17.3 Å². The number of nitriles is 1. The minimum atomic E-state index is -1.05. The first-order chi connectivity index (χ1) is 16.4. The van der Waals surface area contributed by atoms with Crippen LogP contribution in [-0.2, 0) is 4.79 Å². The second kappa shape index (κ2) is 11.8. The number of aliphatic carboxylic acids is 1. The van der Waals surface area contributed by atoms with Gasteiger partial charge in [0.2, 0.25) is 0 Å². The van der Waals surface area contributed by atoms with E-state index in [1.165, 1.54) is 11.8 Å². The highest BCUT2D eigenvalue weighted by Crippen LogP contribution is 2.29. The molecular weight excluding hydrogens is 446 g/mol. The van der Waals surface area contributed by atoms with E-state index in [9.17, 15) is 20.0 Å². The molecule has 0 aliphatic heterocycles. The van der Waals surface area contributed by atoms with Crippen LogP contribution in [-0.4, -0.2) is 40.0 Å². The van der Waals surface area contributed by atoms with Crippen molar-refractivity contribution in [1.82, 2.24) is 10.3 Å². The highest BCUT2D eigenvalue weighted by Gasteiger charge is 2.22. The first kappa shape index (κ1) is 24.7. The predicted octanol–water partition coefficient (Wildman–Crippen LogP) is 5.04. The van der Waals surface area contributed by atoms with Gasteiger partial charge in [0.15, 0.2) is 0 Å². The summed E-state index contributed by atoms with van der Waals surface area (Å²) in [5.41, 5.74) is 4.85. The van der Waals surface area contributed by atoms with Gasteiger partial charge < -0.3 is 10.4 Å². The van der Waals surface area contributed by atoms with E-state index in [1.807, 2.05) is 61.7 Å². The van der Waals surface area contributed by atoms with Crippen LogP contribution in [0.15, 0.2) is 60.8 Å². The van der Waals surface area contributed by atoms with Gasteiger partial charge in [0.05, 0.1) is 0 Å². The van der Waals surface area contributed by atoms with E-state index < -0.39 is 17.9 Å². The van der Waals surface area contributed by atoms with Crippen LogP contribution in [0.5, 0.6) is 0 Å². The van der Waals surface area contributed by atoms with E-state index in [-0.39, 0.29) is 0 Å². The summed E-state index contributed by atoms with van der Waals surface area (Å²) in [6.07, 6.45) is 7.48. The van der Waals surface area contributed by atoms with Crippen molar-refractivity contribution in [3.05, 3.63) is 88.7 Å². The maximum Gasteiger partial charge on any atom is 0.326 e. The van der Waals surface area contributed by atoms with Crippen LogP contribution in [0.2, 0.25) is 0 Å². The van der Waals surface area contributed by atoms with Gasteiger partial charge in [-0.3, -0.25) is 4.79 Å². The Bertz CT molecular complexity index is 1260. The van der Waals surface area contributed by atoms with Crippen molar-refractivity contribution in [3.63, 3.8) is 0 Å². The Morgan fingerprint density at radius 3 is 2.65 bits per heavy atom. The Morgan fingerprint density at radius 1 is 1.15 bits per heavy atom. The lowest BCUT2D eigenvalue weighted by atomic mass is 9.93. The number of carboxylic acid groups (broad SMARTS) is 1. The molecule has 1 atom stereocenters. The number of aromatic nitrogens is 1. The number of nitrogens with one attached hydrogen (secondary N) is 1. The van der Waals surface area contributed by atoms with Crippen molar-refractivity contribution in [2.75, 3.05) is 12.0 Å². The van der Waals surface area contributed by atoms with Crippen LogP contribution in [0.1, 0.15) is 39.2 Å². The van der Waals surface area contributed by atoms with E-state index in [4.69, 9.17) is 0 Å².